The highest BCUT2D eigenvalue weighted by molar-refractivity contribution is 6.31. The maximum atomic E-state index is 13.8. The molecule has 2 heterocycles. The number of carbonyl (C=O) groups is 1. The molecule has 1 aliphatic rings. The van der Waals surface area contributed by atoms with E-state index in [1.165, 1.54) is 0 Å². The third-order valence-corrected chi connectivity index (χ3v) is 6.77. The van der Waals surface area contributed by atoms with Crippen LogP contribution in [0.15, 0.2) is 106 Å². The van der Waals surface area contributed by atoms with Crippen molar-refractivity contribution in [3.8, 4) is 11.5 Å². The molecular weight excluding hydrogens is 474 g/mol. The molecule has 1 atom stereocenters. The zero-order valence-corrected chi connectivity index (χ0v) is 20.0. The Hall–Kier alpha value is -4.35. The van der Waals surface area contributed by atoms with Gasteiger partial charge in [-0.2, -0.15) is 0 Å². The molecule has 0 aliphatic carbocycles. The molecule has 1 aliphatic heterocycles. The molecule has 6 rings (SSSR count). The van der Waals surface area contributed by atoms with E-state index in [9.17, 15) is 9.59 Å². The SMILES string of the molecule is Cc1ccc(N2C(=O)c3oc4ccccc4c(=O)c3C2c2cccc(Oc3ccccc3)c2)cc1Cl. The molecule has 5 aromatic rings. The molecule has 0 N–H and O–H groups in total. The summed E-state index contributed by atoms with van der Waals surface area (Å²) >= 11 is 6.43. The number of amides is 1. The first-order valence-electron chi connectivity index (χ1n) is 11.5. The van der Waals surface area contributed by atoms with E-state index in [1.807, 2.05) is 73.7 Å². The predicted octanol–water partition coefficient (Wildman–Crippen LogP) is 7.30. The zero-order valence-electron chi connectivity index (χ0n) is 19.3. The molecule has 0 spiro atoms. The maximum absolute atomic E-state index is 13.8. The predicted molar refractivity (Wildman–Crippen MR) is 140 cm³/mol. The average Bonchev–Trinajstić information content (AvgIpc) is 3.19. The van der Waals surface area contributed by atoms with Gasteiger partial charge in [0.15, 0.2) is 5.43 Å². The van der Waals surface area contributed by atoms with E-state index in [0.29, 0.717) is 38.7 Å². The van der Waals surface area contributed by atoms with Crippen LogP contribution in [0, 0.1) is 6.92 Å². The number of aryl methyl sites for hydroxylation is 1. The first-order valence-corrected chi connectivity index (χ1v) is 11.9. The number of carbonyl (C=O) groups excluding carboxylic acids is 1. The fourth-order valence-corrected chi connectivity index (χ4v) is 4.78. The minimum absolute atomic E-state index is 0.0368. The fourth-order valence-electron chi connectivity index (χ4n) is 4.61. The van der Waals surface area contributed by atoms with Crippen molar-refractivity contribution >= 4 is 34.2 Å². The Morgan fingerprint density at radius 2 is 1.58 bits per heavy atom. The summed E-state index contributed by atoms with van der Waals surface area (Å²) in [6.07, 6.45) is 0. The van der Waals surface area contributed by atoms with Gasteiger partial charge in [0.1, 0.15) is 17.1 Å². The normalized spacial score (nSPS) is 14.8. The molecule has 0 radical (unpaired) electrons. The van der Waals surface area contributed by atoms with Gasteiger partial charge in [0.25, 0.3) is 5.91 Å². The third-order valence-electron chi connectivity index (χ3n) is 6.36. The Kier molecular flexibility index (Phi) is 5.35. The number of nitrogens with zero attached hydrogens (tertiary/aromatic N) is 1. The van der Waals surface area contributed by atoms with Crippen molar-refractivity contribution in [2.75, 3.05) is 4.90 Å². The minimum Gasteiger partial charge on any atom is -0.457 e. The summed E-state index contributed by atoms with van der Waals surface area (Å²) in [6, 6.07) is 28.5. The third kappa shape index (κ3) is 3.65. The molecule has 0 fully saturated rings. The fraction of sp³-hybridized carbons (Fsp3) is 0.0667. The standard InChI is InChI=1S/C30H20ClNO4/c1-18-14-15-20(17-24(18)31)32-27(19-8-7-11-22(16-19)35-21-9-3-2-4-10-21)26-28(33)23-12-5-6-13-25(23)36-29(26)30(32)34/h2-17,27H,1H3. The summed E-state index contributed by atoms with van der Waals surface area (Å²) in [6.45, 7) is 1.90. The van der Waals surface area contributed by atoms with Crippen molar-refractivity contribution in [3.63, 3.8) is 0 Å². The van der Waals surface area contributed by atoms with E-state index in [0.717, 1.165) is 11.1 Å². The van der Waals surface area contributed by atoms with Gasteiger partial charge in [0, 0.05) is 10.7 Å². The molecule has 1 amide bonds. The maximum Gasteiger partial charge on any atom is 0.295 e. The van der Waals surface area contributed by atoms with Gasteiger partial charge in [-0.3, -0.25) is 14.5 Å². The van der Waals surface area contributed by atoms with Crippen molar-refractivity contribution in [1.82, 2.24) is 0 Å². The van der Waals surface area contributed by atoms with Crippen molar-refractivity contribution < 1.29 is 13.9 Å². The number of hydrogen-bond donors (Lipinski definition) is 0. The van der Waals surface area contributed by atoms with Crippen LogP contribution in [0.4, 0.5) is 5.69 Å². The quantitative estimate of drug-likeness (QED) is 0.263. The van der Waals surface area contributed by atoms with E-state index in [2.05, 4.69) is 0 Å². The Morgan fingerprint density at radius 3 is 2.39 bits per heavy atom. The smallest absolute Gasteiger partial charge is 0.295 e. The first-order chi connectivity index (χ1) is 17.5. The lowest BCUT2D eigenvalue weighted by Gasteiger charge is -2.26. The van der Waals surface area contributed by atoms with Gasteiger partial charge in [-0.05, 0) is 66.6 Å². The second kappa shape index (κ2) is 8.70. The highest BCUT2D eigenvalue weighted by Gasteiger charge is 2.43. The summed E-state index contributed by atoms with van der Waals surface area (Å²) in [5.41, 5.74) is 2.62. The van der Waals surface area contributed by atoms with Crippen LogP contribution in [0.1, 0.15) is 33.3 Å². The van der Waals surface area contributed by atoms with E-state index >= 15 is 0 Å². The van der Waals surface area contributed by atoms with Crippen LogP contribution >= 0.6 is 11.6 Å². The monoisotopic (exact) mass is 493 g/mol. The second-order valence-electron chi connectivity index (χ2n) is 8.67. The Morgan fingerprint density at radius 1 is 0.833 bits per heavy atom. The van der Waals surface area contributed by atoms with Crippen LogP contribution in [0.3, 0.4) is 0 Å². The average molecular weight is 494 g/mol. The molecule has 0 bridgehead atoms. The van der Waals surface area contributed by atoms with Crippen molar-refractivity contribution in [1.29, 1.82) is 0 Å². The summed E-state index contributed by atoms with van der Waals surface area (Å²) in [5.74, 6) is 0.916. The van der Waals surface area contributed by atoms with E-state index < -0.39 is 11.9 Å². The number of hydrogen-bond acceptors (Lipinski definition) is 4. The first kappa shape index (κ1) is 22.1. The Labute approximate surface area is 212 Å². The molecule has 1 unspecified atom stereocenters. The Balaban J connectivity index is 1.56. The summed E-state index contributed by atoms with van der Waals surface area (Å²) < 4.78 is 12.1. The number of para-hydroxylation sites is 2. The molecule has 0 saturated heterocycles. The minimum atomic E-state index is -0.716. The lowest BCUT2D eigenvalue weighted by Crippen LogP contribution is -2.29. The van der Waals surface area contributed by atoms with Crippen LogP contribution in [-0.4, -0.2) is 5.91 Å². The molecule has 4 aromatic carbocycles. The van der Waals surface area contributed by atoms with Gasteiger partial charge in [-0.15, -0.1) is 0 Å². The largest absolute Gasteiger partial charge is 0.457 e. The van der Waals surface area contributed by atoms with Crippen LogP contribution < -0.4 is 15.1 Å². The topological polar surface area (TPSA) is 59.8 Å². The number of benzene rings is 4. The van der Waals surface area contributed by atoms with E-state index in [-0.39, 0.29) is 11.2 Å². The lowest BCUT2D eigenvalue weighted by atomic mass is 9.98. The zero-order chi connectivity index (χ0) is 24.8. The van der Waals surface area contributed by atoms with Crippen molar-refractivity contribution in [2.24, 2.45) is 0 Å². The highest BCUT2D eigenvalue weighted by Crippen LogP contribution is 2.43. The van der Waals surface area contributed by atoms with Gasteiger partial charge in [0.2, 0.25) is 5.76 Å². The second-order valence-corrected chi connectivity index (χ2v) is 9.08. The van der Waals surface area contributed by atoms with Crippen LogP contribution in [0.5, 0.6) is 11.5 Å². The van der Waals surface area contributed by atoms with Gasteiger partial charge >= 0.3 is 0 Å². The summed E-state index contributed by atoms with van der Waals surface area (Å²) in [5, 5.41) is 0.954. The van der Waals surface area contributed by atoms with Crippen LogP contribution in [0.25, 0.3) is 11.0 Å². The van der Waals surface area contributed by atoms with Crippen molar-refractivity contribution in [3.05, 3.63) is 135 Å². The van der Waals surface area contributed by atoms with Gasteiger partial charge in [0.05, 0.1) is 17.0 Å². The molecule has 6 heteroatoms. The van der Waals surface area contributed by atoms with Crippen molar-refractivity contribution in [2.45, 2.75) is 13.0 Å². The molecule has 5 nitrogen and oxygen atoms in total. The van der Waals surface area contributed by atoms with Gasteiger partial charge in [-0.25, -0.2) is 0 Å². The Bertz CT molecular complexity index is 1690. The van der Waals surface area contributed by atoms with Crippen LogP contribution in [-0.2, 0) is 0 Å². The number of ether oxygens (including phenoxy) is 1. The summed E-state index contributed by atoms with van der Waals surface area (Å²) in [7, 11) is 0. The molecule has 176 valence electrons. The number of halogens is 1. The van der Waals surface area contributed by atoms with E-state index in [1.54, 1.807) is 35.2 Å². The lowest BCUT2D eigenvalue weighted by molar-refractivity contribution is 0.0971. The number of rotatable bonds is 4. The van der Waals surface area contributed by atoms with E-state index in [4.69, 9.17) is 20.8 Å². The summed E-state index contributed by atoms with van der Waals surface area (Å²) in [4.78, 5) is 29.1. The van der Waals surface area contributed by atoms with Gasteiger partial charge < -0.3 is 9.15 Å². The molecule has 36 heavy (non-hydrogen) atoms. The van der Waals surface area contributed by atoms with Crippen LogP contribution in [0.2, 0.25) is 5.02 Å². The molecule has 0 saturated carbocycles. The molecular formula is C30H20ClNO4. The number of fused-ring (bicyclic) bond motifs is 2. The van der Waals surface area contributed by atoms with Gasteiger partial charge in [-0.1, -0.05) is 60.1 Å². The molecule has 1 aromatic heterocycles. The highest BCUT2D eigenvalue weighted by atomic mass is 35.5. The number of anilines is 1.